The fourth-order valence-corrected chi connectivity index (χ4v) is 3.06. The summed E-state index contributed by atoms with van der Waals surface area (Å²) in [6.45, 7) is 2.81. The van der Waals surface area contributed by atoms with Gasteiger partial charge in [-0.1, -0.05) is 0 Å². The van der Waals surface area contributed by atoms with Gasteiger partial charge in [0.25, 0.3) is 0 Å². The summed E-state index contributed by atoms with van der Waals surface area (Å²) in [5.74, 6) is 0. The second kappa shape index (κ2) is 5.50. The lowest BCUT2D eigenvalue weighted by Crippen LogP contribution is -2.35. The van der Waals surface area contributed by atoms with Crippen LogP contribution in [0.1, 0.15) is 36.9 Å². The number of aryl methyl sites for hydroxylation is 2. The quantitative estimate of drug-likeness (QED) is 0.893. The molecule has 0 aromatic carbocycles. The van der Waals surface area contributed by atoms with Gasteiger partial charge in [-0.2, -0.15) is 5.10 Å². The zero-order valence-corrected chi connectivity index (χ0v) is 12.1. The van der Waals surface area contributed by atoms with Gasteiger partial charge in [0.1, 0.15) is 0 Å². The number of aromatic nitrogens is 3. The Kier molecular flexibility index (Phi) is 3.72. The van der Waals surface area contributed by atoms with Gasteiger partial charge < -0.3 is 10.4 Å². The van der Waals surface area contributed by atoms with E-state index in [4.69, 9.17) is 0 Å². The number of fused-ring (bicyclic) bond motifs is 1. The molecule has 3 rings (SSSR count). The maximum atomic E-state index is 9.69. The Morgan fingerprint density at radius 2 is 2.30 bits per heavy atom. The van der Waals surface area contributed by atoms with Crippen LogP contribution in [0, 0.1) is 6.92 Å². The summed E-state index contributed by atoms with van der Waals surface area (Å²) < 4.78 is 1.82. The maximum Gasteiger partial charge on any atom is 0.157 e. The third-order valence-electron chi connectivity index (χ3n) is 4.16. The van der Waals surface area contributed by atoms with Crippen molar-refractivity contribution in [1.29, 1.82) is 0 Å². The Balaban J connectivity index is 1.70. The summed E-state index contributed by atoms with van der Waals surface area (Å²) in [6, 6.07) is 2.58. The van der Waals surface area contributed by atoms with Gasteiger partial charge >= 0.3 is 0 Å². The van der Waals surface area contributed by atoms with E-state index in [0.717, 1.165) is 49.0 Å². The van der Waals surface area contributed by atoms with E-state index in [1.165, 1.54) is 5.56 Å². The SMILES string of the molecule is Cc1nn(C)c2ncc(CNC3CCCC(O)C3)cc12. The van der Waals surface area contributed by atoms with Gasteiger partial charge in [0.05, 0.1) is 11.8 Å². The summed E-state index contributed by atoms with van der Waals surface area (Å²) in [5, 5.41) is 18.7. The highest BCUT2D eigenvalue weighted by Crippen LogP contribution is 2.20. The van der Waals surface area contributed by atoms with Crippen LogP contribution >= 0.6 is 0 Å². The van der Waals surface area contributed by atoms with Crippen molar-refractivity contribution < 1.29 is 5.11 Å². The lowest BCUT2D eigenvalue weighted by atomic mass is 9.93. The number of rotatable bonds is 3. The molecule has 0 saturated heterocycles. The fourth-order valence-electron chi connectivity index (χ4n) is 3.06. The smallest absolute Gasteiger partial charge is 0.157 e. The molecular weight excluding hydrogens is 252 g/mol. The van der Waals surface area contributed by atoms with Crippen molar-refractivity contribution in [2.45, 2.75) is 51.3 Å². The van der Waals surface area contributed by atoms with Gasteiger partial charge in [-0.25, -0.2) is 4.98 Å². The summed E-state index contributed by atoms with van der Waals surface area (Å²) in [5.41, 5.74) is 3.12. The third-order valence-corrected chi connectivity index (χ3v) is 4.16. The van der Waals surface area contributed by atoms with Crippen molar-refractivity contribution in [3.63, 3.8) is 0 Å². The molecule has 5 nitrogen and oxygen atoms in total. The predicted octanol–water partition coefficient (Wildman–Crippen LogP) is 1.67. The van der Waals surface area contributed by atoms with Gasteiger partial charge in [0.15, 0.2) is 5.65 Å². The molecule has 2 heterocycles. The number of hydrogen-bond donors (Lipinski definition) is 2. The van der Waals surface area contributed by atoms with E-state index in [2.05, 4.69) is 21.5 Å². The monoisotopic (exact) mass is 274 g/mol. The van der Waals surface area contributed by atoms with E-state index in [1.807, 2.05) is 24.9 Å². The Bertz CT molecular complexity index is 607. The maximum absolute atomic E-state index is 9.69. The fraction of sp³-hybridized carbons (Fsp3) is 0.600. The molecule has 0 radical (unpaired) electrons. The highest BCUT2D eigenvalue weighted by Gasteiger charge is 2.19. The molecular formula is C15H22N4O. The number of hydrogen-bond acceptors (Lipinski definition) is 4. The van der Waals surface area contributed by atoms with Crippen molar-refractivity contribution in [3.8, 4) is 0 Å². The van der Waals surface area contributed by atoms with E-state index < -0.39 is 0 Å². The molecule has 1 aliphatic carbocycles. The molecule has 0 aliphatic heterocycles. The van der Waals surface area contributed by atoms with Crippen LogP contribution in [-0.4, -0.2) is 32.0 Å². The molecule has 2 aromatic rings. The van der Waals surface area contributed by atoms with Gasteiger partial charge in [0.2, 0.25) is 0 Å². The van der Waals surface area contributed by atoms with Gasteiger partial charge in [0, 0.05) is 31.2 Å². The normalized spacial score (nSPS) is 23.4. The number of nitrogens with zero attached hydrogens (tertiary/aromatic N) is 3. The molecule has 20 heavy (non-hydrogen) atoms. The van der Waals surface area contributed by atoms with Crippen LogP contribution in [0.3, 0.4) is 0 Å². The zero-order valence-electron chi connectivity index (χ0n) is 12.1. The molecule has 1 saturated carbocycles. The topological polar surface area (TPSA) is 63.0 Å². The third kappa shape index (κ3) is 2.69. The van der Waals surface area contributed by atoms with Crippen molar-refractivity contribution in [2.75, 3.05) is 0 Å². The summed E-state index contributed by atoms with van der Waals surface area (Å²) in [4.78, 5) is 4.49. The Hall–Kier alpha value is -1.46. The van der Waals surface area contributed by atoms with Gasteiger partial charge in [-0.05, 0) is 44.2 Å². The minimum Gasteiger partial charge on any atom is -0.393 e. The van der Waals surface area contributed by atoms with Crippen molar-refractivity contribution in [1.82, 2.24) is 20.1 Å². The van der Waals surface area contributed by atoms with Crippen LogP contribution in [0.5, 0.6) is 0 Å². The van der Waals surface area contributed by atoms with Gasteiger partial charge in [-0.15, -0.1) is 0 Å². The second-order valence-corrected chi connectivity index (χ2v) is 5.82. The summed E-state index contributed by atoms with van der Waals surface area (Å²) in [6.07, 6.45) is 5.84. The summed E-state index contributed by atoms with van der Waals surface area (Å²) >= 11 is 0. The van der Waals surface area contributed by atoms with Crippen molar-refractivity contribution >= 4 is 11.0 Å². The number of nitrogens with one attached hydrogen (secondary N) is 1. The lowest BCUT2D eigenvalue weighted by Gasteiger charge is -2.26. The molecule has 2 atom stereocenters. The largest absolute Gasteiger partial charge is 0.393 e. The summed E-state index contributed by atoms with van der Waals surface area (Å²) in [7, 11) is 1.92. The van der Waals surface area contributed by atoms with Crippen LogP contribution in [-0.2, 0) is 13.6 Å². The van der Waals surface area contributed by atoms with Gasteiger partial charge in [-0.3, -0.25) is 4.68 Å². The first-order valence-corrected chi connectivity index (χ1v) is 7.33. The Morgan fingerprint density at radius 1 is 1.45 bits per heavy atom. The van der Waals surface area contributed by atoms with Crippen LogP contribution in [0.25, 0.3) is 11.0 Å². The Labute approximate surface area is 119 Å². The average Bonchev–Trinajstić information content (AvgIpc) is 2.72. The van der Waals surface area contributed by atoms with E-state index >= 15 is 0 Å². The molecule has 1 aliphatic rings. The number of aliphatic hydroxyl groups excluding tert-OH is 1. The molecule has 0 amide bonds. The van der Waals surface area contributed by atoms with Crippen molar-refractivity contribution in [2.24, 2.45) is 7.05 Å². The van der Waals surface area contributed by atoms with E-state index in [0.29, 0.717) is 6.04 Å². The molecule has 2 unspecified atom stereocenters. The first-order valence-electron chi connectivity index (χ1n) is 7.33. The van der Waals surface area contributed by atoms with E-state index in [1.54, 1.807) is 0 Å². The molecule has 1 fully saturated rings. The Morgan fingerprint density at radius 3 is 3.10 bits per heavy atom. The standard InChI is InChI=1S/C15H22N4O/c1-10-14-6-11(9-17-15(14)19(2)18-10)8-16-12-4-3-5-13(20)7-12/h6,9,12-13,16,20H,3-5,7-8H2,1-2H3. The highest BCUT2D eigenvalue weighted by molar-refractivity contribution is 5.78. The molecule has 5 heteroatoms. The van der Waals surface area contributed by atoms with Crippen molar-refractivity contribution in [3.05, 3.63) is 23.5 Å². The van der Waals surface area contributed by atoms with E-state index in [-0.39, 0.29) is 6.10 Å². The first kappa shape index (κ1) is 13.5. The molecule has 108 valence electrons. The second-order valence-electron chi connectivity index (χ2n) is 5.82. The van der Waals surface area contributed by atoms with Crippen LogP contribution < -0.4 is 5.32 Å². The number of aliphatic hydroxyl groups is 1. The molecule has 0 spiro atoms. The van der Waals surface area contributed by atoms with Crippen LogP contribution in [0.2, 0.25) is 0 Å². The molecule has 2 aromatic heterocycles. The zero-order chi connectivity index (χ0) is 14.1. The molecule has 0 bridgehead atoms. The highest BCUT2D eigenvalue weighted by atomic mass is 16.3. The lowest BCUT2D eigenvalue weighted by molar-refractivity contribution is 0.111. The first-order chi connectivity index (χ1) is 9.63. The van der Waals surface area contributed by atoms with Crippen LogP contribution in [0.4, 0.5) is 0 Å². The molecule has 2 N–H and O–H groups in total. The van der Waals surface area contributed by atoms with Crippen LogP contribution in [0.15, 0.2) is 12.3 Å². The number of pyridine rings is 1. The van der Waals surface area contributed by atoms with E-state index in [9.17, 15) is 5.11 Å². The minimum atomic E-state index is -0.137. The minimum absolute atomic E-state index is 0.137. The predicted molar refractivity (Wildman–Crippen MR) is 78.3 cm³/mol. The average molecular weight is 274 g/mol.